The van der Waals surface area contributed by atoms with E-state index in [4.69, 9.17) is 17.0 Å². The van der Waals surface area contributed by atoms with Gasteiger partial charge in [-0.15, -0.1) is 0 Å². The quantitative estimate of drug-likeness (QED) is 0.381. The molecule has 3 rings (SSSR count). The minimum atomic E-state index is -0.324. The first-order chi connectivity index (χ1) is 14.0. The molecule has 0 aliphatic carbocycles. The molecule has 0 aromatic heterocycles. The molecular weight excluding hydrogens is 406 g/mol. The highest BCUT2D eigenvalue weighted by atomic mass is 32.2. The zero-order valence-electron chi connectivity index (χ0n) is 17.1. The zero-order chi connectivity index (χ0) is 21.1. The highest BCUT2D eigenvalue weighted by Gasteiger charge is 2.32. The molecular formula is C21H25N3O3S2. The van der Waals surface area contributed by atoms with Gasteiger partial charge >= 0.3 is 5.97 Å². The first-order valence-electron chi connectivity index (χ1n) is 9.78. The number of amides is 1. The number of hydrogen-bond donors (Lipinski definition) is 0. The van der Waals surface area contributed by atoms with E-state index in [0.29, 0.717) is 27.9 Å². The van der Waals surface area contributed by atoms with Crippen LogP contribution in [0.15, 0.2) is 41.1 Å². The van der Waals surface area contributed by atoms with Crippen molar-refractivity contribution in [3.63, 3.8) is 0 Å². The Hall–Kier alpha value is -2.32. The topological polar surface area (TPSA) is 53.1 Å². The Morgan fingerprint density at radius 2 is 1.69 bits per heavy atom. The molecule has 1 amide bonds. The van der Waals surface area contributed by atoms with Crippen molar-refractivity contribution in [2.24, 2.45) is 0 Å². The van der Waals surface area contributed by atoms with Gasteiger partial charge in [-0.1, -0.05) is 24.0 Å². The summed E-state index contributed by atoms with van der Waals surface area (Å²) in [6, 6.07) is 5.62. The largest absolute Gasteiger partial charge is 0.462 e. The highest BCUT2D eigenvalue weighted by Crippen LogP contribution is 2.42. The number of benzene rings is 1. The minimum Gasteiger partial charge on any atom is -0.462 e. The second-order valence-corrected chi connectivity index (χ2v) is 8.06. The van der Waals surface area contributed by atoms with E-state index in [9.17, 15) is 9.59 Å². The minimum absolute atomic E-state index is 0.0504. The van der Waals surface area contributed by atoms with Crippen LogP contribution in [0.4, 0.5) is 11.4 Å². The number of allylic oxidation sites excluding steroid dienone is 2. The Labute approximate surface area is 181 Å². The summed E-state index contributed by atoms with van der Waals surface area (Å²) in [5.41, 5.74) is 2.52. The fraction of sp³-hybridized carbons (Fsp3) is 0.381. The number of hydrogen-bond acceptors (Lipinski definition) is 7. The van der Waals surface area contributed by atoms with Crippen LogP contribution in [0.5, 0.6) is 0 Å². The third-order valence-corrected chi connectivity index (χ3v) is 6.22. The van der Waals surface area contributed by atoms with Crippen molar-refractivity contribution in [1.29, 1.82) is 0 Å². The normalized spacial score (nSPS) is 19.0. The van der Waals surface area contributed by atoms with Gasteiger partial charge in [0.2, 0.25) is 0 Å². The summed E-state index contributed by atoms with van der Waals surface area (Å²) in [7, 11) is 0. The van der Waals surface area contributed by atoms with Gasteiger partial charge in [-0.25, -0.2) is 4.79 Å². The van der Waals surface area contributed by atoms with Gasteiger partial charge in [-0.2, -0.15) is 0 Å². The number of carbonyl (C=O) groups excluding carboxylic acids is 2. The Bertz CT molecular complexity index is 910. The lowest BCUT2D eigenvalue weighted by Crippen LogP contribution is -2.28. The first-order valence-corrected chi connectivity index (χ1v) is 11.0. The van der Waals surface area contributed by atoms with Crippen molar-refractivity contribution in [3.05, 3.63) is 46.6 Å². The predicted octanol–water partition coefficient (Wildman–Crippen LogP) is 4.14. The molecule has 1 saturated heterocycles. The van der Waals surface area contributed by atoms with E-state index in [-0.39, 0.29) is 11.9 Å². The Morgan fingerprint density at radius 3 is 2.28 bits per heavy atom. The number of thioether (sulfide) groups is 1. The molecule has 1 aromatic rings. The monoisotopic (exact) mass is 431 g/mol. The van der Waals surface area contributed by atoms with Crippen LogP contribution in [0.25, 0.3) is 0 Å². The maximum absolute atomic E-state index is 12.5. The smallest absolute Gasteiger partial charge is 0.338 e. The van der Waals surface area contributed by atoms with Crippen LogP contribution in [0, 0.1) is 0 Å². The highest BCUT2D eigenvalue weighted by molar-refractivity contribution is 8.26. The molecule has 2 heterocycles. The number of ether oxygens (including phenoxy) is 1. The van der Waals surface area contributed by atoms with Crippen LogP contribution in [0.3, 0.4) is 0 Å². The number of fused-ring (bicyclic) bond motifs is 1. The lowest BCUT2D eigenvalue weighted by molar-refractivity contribution is -0.122. The molecule has 0 saturated carbocycles. The lowest BCUT2D eigenvalue weighted by atomic mass is 10.1. The molecule has 154 valence electrons. The summed E-state index contributed by atoms with van der Waals surface area (Å²) in [4.78, 5) is 31.2. The van der Waals surface area contributed by atoms with E-state index in [0.717, 1.165) is 30.3 Å². The van der Waals surface area contributed by atoms with Gasteiger partial charge in [0.25, 0.3) is 5.91 Å². The van der Waals surface area contributed by atoms with Gasteiger partial charge in [0.1, 0.15) is 10.1 Å². The first kappa shape index (κ1) is 21.4. The Balaban J connectivity index is 1.98. The predicted molar refractivity (Wildman–Crippen MR) is 122 cm³/mol. The summed E-state index contributed by atoms with van der Waals surface area (Å²) in [5.74, 6) is 0.591. The molecule has 0 N–H and O–H groups in total. The fourth-order valence-electron chi connectivity index (χ4n) is 3.48. The van der Waals surface area contributed by atoms with E-state index in [1.165, 1.54) is 11.8 Å². The Morgan fingerprint density at radius 1 is 1.03 bits per heavy atom. The van der Waals surface area contributed by atoms with Crippen molar-refractivity contribution in [1.82, 2.24) is 4.90 Å². The molecule has 1 fully saturated rings. The third-order valence-electron chi connectivity index (χ3n) is 4.83. The molecule has 0 atom stereocenters. The molecule has 0 radical (unpaired) electrons. The van der Waals surface area contributed by atoms with E-state index in [1.54, 1.807) is 17.9 Å². The van der Waals surface area contributed by atoms with Gasteiger partial charge in [-0.05, 0) is 58.0 Å². The van der Waals surface area contributed by atoms with Crippen molar-refractivity contribution < 1.29 is 14.3 Å². The number of anilines is 2. The van der Waals surface area contributed by atoms with Crippen molar-refractivity contribution in [2.75, 3.05) is 36.0 Å². The maximum atomic E-state index is 12.5. The van der Waals surface area contributed by atoms with Crippen LogP contribution in [-0.4, -0.2) is 47.3 Å². The summed E-state index contributed by atoms with van der Waals surface area (Å²) in [5, 5.41) is 0. The fourth-order valence-corrected chi connectivity index (χ4v) is 4.81. The molecule has 29 heavy (non-hydrogen) atoms. The molecule has 0 unspecified atom stereocenters. The Kier molecular flexibility index (Phi) is 6.64. The number of rotatable bonds is 6. The molecule has 6 nitrogen and oxygen atoms in total. The summed E-state index contributed by atoms with van der Waals surface area (Å²) in [6.45, 7) is 10.3. The van der Waals surface area contributed by atoms with Crippen LogP contribution in [0.2, 0.25) is 0 Å². The molecule has 8 heteroatoms. The van der Waals surface area contributed by atoms with Gasteiger partial charge in [0, 0.05) is 19.6 Å². The van der Waals surface area contributed by atoms with Crippen LogP contribution < -0.4 is 9.80 Å². The number of esters is 1. The van der Waals surface area contributed by atoms with E-state index < -0.39 is 0 Å². The van der Waals surface area contributed by atoms with E-state index in [1.807, 2.05) is 31.2 Å². The van der Waals surface area contributed by atoms with Crippen LogP contribution >= 0.6 is 24.0 Å². The van der Waals surface area contributed by atoms with Crippen molar-refractivity contribution in [3.8, 4) is 0 Å². The van der Waals surface area contributed by atoms with Crippen LogP contribution in [0.1, 0.15) is 38.1 Å². The number of likely N-dealkylation sites (N-methyl/N-ethyl adjacent to an activating group) is 1. The van der Waals surface area contributed by atoms with Gasteiger partial charge < -0.3 is 14.5 Å². The lowest BCUT2D eigenvalue weighted by Gasteiger charge is -2.23. The van der Waals surface area contributed by atoms with Gasteiger partial charge in [0.15, 0.2) is 0 Å². The molecule has 0 spiro atoms. The van der Waals surface area contributed by atoms with Crippen molar-refractivity contribution >= 4 is 51.6 Å². The number of carbonyl (C=O) groups is 2. The van der Waals surface area contributed by atoms with Crippen molar-refractivity contribution in [2.45, 2.75) is 27.7 Å². The van der Waals surface area contributed by atoms with E-state index >= 15 is 0 Å². The standard InChI is InChI=1S/C21H25N3O3S2/c1-5-22-15-10-9-14(20(26)27-8-4)13-16(15)23(6-2)18(22)12-11-17-19(25)24(7-3)21(28)29-17/h9-13H,5-8H2,1-4H3/b17-11+,18-12+. The average Bonchev–Trinajstić information content (AvgIpc) is 3.17. The third kappa shape index (κ3) is 3.91. The zero-order valence-corrected chi connectivity index (χ0v) is 18.7. The molecule has 2 aliphatic heterocycles. The second-order valence-electron chi connectivity index (χ2n) is 6.39. The molecule has 1 aromatic carbocycles. The summed E-state index contributed by atoms with van der Waals surface area (Å²) < 4.78 is 5.74. The van der Waals surface area contributed by atoms with Crippen LogP contribution in [-0.2, 0) is 9.53 Å². The average molecular weight is 432 g/mol. The summed E-state index contributed by atoms with van der Waals surface area (Å²) >= 11 is 6.62. The van der Waals surface area contributed by atoms with Gasteiger partial charge in [0.05, 0.1) is 28.5 Å². The number of thiocarbonyl (C=S) groups is 1. The van der Waals surface area contributed by atoms with E-state index in [2.05, 4.69) is 23.6 Å². The second kappa shape index (κ2) is 9.00. The summed E-state index contributed by atoms with van der Waals surface area (Å²) in [6.07, 6.45) is 3.80. The maximum Gasteiger partial charge on any atom is 0.338 e. The SMILES string of the molecule is CCOC(=O)c1ccc2c(c1)N(CC)/C(=C/C=C1/SC(=S)N(CC)C1=O)N2CC. The molecule has 2 aliphatic rings. The van der Waals surface area contributed by atoms with Gasteiger partial charge in [-0.3, -0.25) is 9.69 Å². The number of nitrogens with zero attached hydrogens (tertiary/aromatic N) is 3. The molecule has 0 bridgehead atoms.